The third kappa shape index (κ3) is 4.76. The van der Waals surface area contributed by atoms with Crippen LogP contribution in [-0.2, 0) is 4.79 Å². The topological polar surface area (TPSA) is 147 Å². The zero-order valence-corrected chi connectivity index (χ0v) is 19.2. The normalized spacial score (nSPS) is 12.0. The summed E-state index contributed by atoms with van der Waals surface area (Å²) in [5.74, 6) is -1.27. The van der Waals surface area contributed by atoms with Gasteiger partial charge in [0.1, 0.15) is 17.5 Å². The first-order valence-corrected chi connectivity index (χ1v) is 11.2. The van der Waals surface area contributed by atoms with Gasteiger partial charge in [0.05, 0.1) is 22.6 Å². The number of aromatic nitrogens is 2. The number of carbonyl (C=O) groups excluding carboxylic acids is 2. The number of fused-ring (bicyclic) bond motifs is 2. The molecule has 3 N–H and O–H groups in total. The van der Waals surface area contributed by atoms with Crippen molar-refractivity contribution in [2.45, 2.75) is 6.04 Å². The van der Waals surface area contributed by atoms with Gasteiger partial charge < -0.3 is 9.73 Å². The molecule has 0 aliphatic rings. The summed E-state index contributed by atoms with van der Waals surface area (Å²) < 4.78 is 5.45. The van der Waals surface area contributed by atoms with Crippen molar-refractivity contribution in [3.05, 3.63) is 123 Å². The van der Waals surface area contributed by atoms with Gasteiger partial charge in [0, 0.05) is 10.9 Å². The first-order valence-electron chi connectivity index (χ1n) is 11.2. The van der Waals surface area contributed by atoms with Crippen LogP contribution in [0.5, 0.6) is 0 Å². The Morgan fingerprint density at radius 2 is 1.57 bits per heavy atom. The Morgan fingerprint density at radius 1 is 0.892 bits per heavy atom. The maximum atomic E-state index is 13.3. The van der Waals surface area contributed by atoms with E-state index in [0.29, 0.717) is 27.3 Å². The fraction of sp³-hybridized carbons (Fsp3) is 0.0370. The molecular formula is C27H19N5O5. The van der Waals surface area contributed by atoms with E-state index in [1.165, 1.54) is 6.26 Å². The summed E-state index contributed by atoms with van der Waals surface area (Å²) in [6.45, 7) is 0. The van der Waals surface area contributed by atoms with Crippen LogP contribution in [0.2, 0.25) is 0 Å². The minimum Gasteiger partial charge on any atom is -0.463 e. The van der Waals surface area contributed by atoms with Crippen LogP contribution in [0.1, 0.15) is 27.7 Å². The Labute approximate surface area is 208 Å². The molecule has 5 rings (SSSR count). The molecule has 0 bridgehead atoms. The SMILES string of the molecule is O=C(N[C@H](C(=O)NN=Cc1coc2ccccc2c1=O)c1n[nH]c(=O)c2ccccc12)c1ccccc1. The second kappa shape index (κ2) is 10.1. The molecule has 0 spiro atoms. The quantitative estimate of drug-likeness (QED) is 0.245. The molecule has 0 fully saturated rings. The second-order valence-corrected chi connectivity index (χ2v) is 8.01. The molecule has 0 unspecified atom stereocenters. The van der Waals surface area contributed by atoms with Crippen molar-refractivity contribution in [3.8, 4) is 0 Å². The van der Waals surface area contributed by atoms with Crippen LogP contribution in [0.25, 0.3) is 21.7 Å². The van der Waals surface area contributed by atoms with Gasteiger partial charge in [-0.1, -0.05) is 48.5 Å². The summed E-state index contributed by atoms with van der Waals surface area (Å²) in [5, 5.41) is 14.0. The molecule has 0 aliphatic carbocycles. The molecular weight excluding hydrogens is 474 g/mol. The first kappa shape index (κ1) is 23.4. The molecule has 0 radical (unpaired) electrons. The lowest BCUT2D eigenvalue weighted by molar-refractivity contribution is -0.123. The molecule has 3 aromatic carbocycles. The number of carbonyl (C=O) groups is 2. The monoisotopic (exact) mass is 493 g/mol. The number of nitrogens with one attached hydrogen (secondary N) is 3. The lowest BCUT2D eigenvalue weighted by Crippen LogP contribution is -2.40. The number of hydrazone groups is 1. The number of rotatable bonds is 6. The van der Waals surface area contributed by atoms with Gasteiger partial charge in [-0.3, -0.25) is 19.2 Å². The van der Waals surface area contributed by atoms with Crippen molar-refractivity contribution in [1.82, 2.24) is 20.9 Å². The highest BCUT2D eigenvalue weighted by atomic mass is 16.3. The zero-order chi connectivity index (χ0) is 25.8. The Bertz CT molecular complexity index is 1780. The average molecular weight is 493 g/mol. The Morgan fingerprint density at radius 3 is 2.35 bits per heavy atom. The van der Waals surface area contributed by atoms with E-state index < -0.39 is 23.4 Å². The number of hydrogen-bond acceptors (Lipinski definition) is 7. The van der Waals surface area contributed by atoms with Crippen LogP contribution in [0.15, 0.2) is 104 Å². The van der Waals surface area contributed by atoms with Gasteiger partial charge in [0.2, 0.25) is 5.43 Å². The molecule has 37 heavy (non-hydrogen) atoms. The third-order valence-corrected chi connectivity index (χ3v) is 5.66. The standard InChI is InChI=1S/C27H19N5O5/c33-24-17(15-37-21-13-7-6-12-20(21)24)14-28-31-27(36)23(29-25(34)16-8-2-1-3-9-16)22-18-10-4-5-11-19(18)26(35)32-30-22/h1-15,23H,(H,29,34)(H,31,36)(H,32,35)/t23-/m0/s1. The van der Waals surface area contributed by atoms with Gasteiger partial charge >= 0.3 is 0 Å². The fourth-order valence-corrected chi connectivity index (χ4v) is 3.83. The minimum atomic E-state index is -1.32. The van der Waals surface area contributed by atoms with Crippen molar-refractivity contribution < 1.29 is 14.0 Å². The number of benzene rings is 3. The molecule has 182 valence electrons. The lowest BCUT2D eigenvalue weighted by Gasteiger charge is -2.18. The van der Waals surface area contributed by atoms with E-state index in [4.69, 9.17) is 4.42 Å². The van der Waals surface area contributed by atoms with Gasteiger partial charge in [0.15, 0.2) is 6.04 Å². The van der Waals surface area contributed by atoms with E-state index >= 15 is 0 Å². The van der Waals surface area contributed by atoms with Crippen molar-refractivity contribution in [2.24, 2.45) is 5.10 Å². The summed E-state index contributed by atoms with van der Waals surface area (Å²) in [4.78, 5) is 51.1. The molecule has 0 aliphatic heterocycles. The molecule has 2 heterocycles. The van der Waals surface area contributed by atoms with E-state index in [2.05, 4.69) is 26.0 Å². The van der Waals surface area contributed by atoms with Crippen molar-refractivity contribution in [1.29, 1.82) is 0 Å². The van der Waals surface area contributed by atoms with Crippen LogP contribution in [0, 0.1) is 0 Å². The molecule has 2 amide bonds. The van der Waals surface area contributed by atoms with E-state index in [1.54, 1.807) is 78.9 Å². The molecule has 10 nitrogen and oxygen atoms in total. The summed E-state index contributed by atoms with van der Waals surface area (Å²) in [5.41, 5.74) is 2.58. The molecule has 0 saturated carbocycles. The highest BCUT2D eigenvalue weighted by Gasteiger charge is 2.27. The third-order valence-electron chi connectivity index (χ3n) is 5.66. The van der Waals surface area contributed by atoms with Crippen molar-refractivity contribution >= 4 is 39.8 Å². The minimum absolute atomic E-state index is 0.122. The maximum absolute atomic E-state index is 13.3. The fourth-order valence-electron chi connectivity index (χ4n) is 3.83. The molecule has 0 saturated heterocycles. The Balaban J connectivity index is 1.47. The highest BCUT2D eigenvalue weighted by molar-refractivity contribution is 5.99. The zero-order valence-electron chi connectivity index (χ0n) is 19.2. The van der Waals surface area contributed by atoms with E-state index in [9.17, 15) is 19.2 Å². The van der Waals surface area contributed by atoms with Crippen molar-refractivity contribution in [3.63, 3.8) is 0 Å². The number of nitrogens with zero attached hydrogens (tertiary/aromatic N) is 2. The summed E-state index contributed by atoms with van der Waals surface area (Å²) >= 11 is 0. The molecule has 10 heteroatoms. The molecule has 2 aromatic heterocycles. The van der Waals surface area contributed by atoms with Crippen LogP contribution >= 0.6 is 0 Å². The predicted molar refractivity (Wildman–Crippen MR) is 137 cm³/mol. The number of aromatic amines is 1. The summed E-state index contributed by atoms with van der Waals surface area (Å²) in [6.07, 6.45) is 2.40. The Hall–Kier alpha value is -5.38. The smallest absolute Gasteiger partial charge is 0.272 e. The van der Waals surface area contributed by atoms with E-state index in [-0.39, 0.29) is 16.7 Å². The van der Waals surface area contributed by atoms with Gasteiger partial charge in [-0.05, 0) is 30.3 Å². The molecule has 1 atom stereocenters. The lowest BCUT2D eigenvalue weighted by atomic mass is 10.0. The number of amides is 2. The number of para-hydroxylation sites is 1. The average Bonchev–Trinajstić information content (AvgIpc) is 2.94. The first-order chi connectivity index (χ1) is 18.0. The molecule has 5 aromatic rings. The van der Waals surface area contributed by atoms with Gasteiger partial charge in [-0.15, -0.1) is 0 Å². The van der Waals surface area contributed by atoms with Crippen LogP contribution in [-0.4, -0.2) is 28.2 Å². The van der Waals surface area contributed by atoms with Gasteiger partial charge in [0.25, 0.3) is 17.4 Å². The second-order valence-electron chi connectivity index (χ2n) is 8.01. The van der Waals surface area contributed by atoms with Gasteiger partial charge in [-0.25, -0.2) is 10.5 Å². The van der Waals surface area contributed by atoms with E-state index in [0.717, 1.165) is 6.21 Å². The van der Waals surface area contributed by atoms with Gasteiger partial charge in [-0.2, -0.15) is 10.2 Å². The predicted octanol–water partition coefficient (Wildman–Crippen LogP) is 2.65. The summed E-state index contributed by atoms with van der Waals surface area (Å²) in [7, 11) is 0. The van der Waals surface area contributed by atoms with E-state index in [1.807, 2.05) is 0 Å². The van der Waals surface area contributed by atoms with Crippen LogP contribution in [0.4, 0.5) is 0 Å². The number of H-pyrrole nitrogens is 1. The maximum Gasteiger partial charge on any atom is 0.272 e. The van der Waals surface area contributed by atoms with Crippen LogP contribution < -0.4 is 21.7 Å². The summed E-state index contributed by atoms with van der Waals surface area (Å²) in [6, 6.07) is 20.4. The largest absolute Gasteiger partial charge is 0.463 e. The van der Waals surface area contributed by atoms with Crippen molar-refractivity contribution in [2.75, 3.05) is 0 Å². The number of hydrogen-bond donors (Lipinski definition) is 3. The highest BCUT2D eigenvalue weighted by Crippen LogP contribution is 2.20. The Kier molecular flexibility index (Phi) is 6.37. The van der Waals surface area contributed by atoms with Crippen LogP contribution in [0.3, 0.4) is 0 Å².